The second-order valence-electron chi connectivity index (χ2n) is 7.07. The lowest BCUT2D eigenvalue weighted by atomic mass is 10.1. The molecule has 0 saturated heterocycles. The van der Waals surface area contributed by atoms with Crippen molar-refractivity contribution in [1.29, 1.82) is 0 Å². The number of aryl methyl sites for hydroxylation is 1. The molecule has 0 unspecified atom stereocenters. The first kappa shape index (κ1) is 23.0. The van der Waals surface area contributed by atoms with Gasteiger partial charge < -0.3 is 15.2 Å². The van der Waals surface area contributed by atoms with Crippen molar-refractivity contribution in [3.05, 3.63) is 88.6 Å². The van der Waals surface area contributed by atoms with E-state index in [9.17, 15) is 19.5 Å². The molecule has 0 aliphatic carbocycles. The molecular formula is C25H23NO5S. The van der Waals surface area contributed by atoms with Gasteiger partial charge in [-0.25, -0.2) is 9.59 Å². The highest BCUT2D eigenvalue weighted by atomic mass is 32.1. The Morgan fingerprint density at radius 1 is 1.03 bits per heavy atom. The van der Waals surface area contributed by atoms with Crippen LogP contribution in [0.4, 0.5) is 5.00 Å². The Balaban J connectivity index is 2.04. The number of ketones is 1. The third-order valence-corrected chi connectivity index (χ3v) is 6.01. The fourth-order valence-electron chi connectivity index (χ4n) is 3.12. The normalized spacial score (nSPS) is 11.2. The van der Waals surface area contributed by atoms with Gasteiger partial charge in [0.25, 0.3) is 0 Å². The number of carboxylic acid groups (broad SMARTS) is 1. The predicted molar refractivity (Wildman–Crippen MR) is 125 cm³/mol. The van der Waals surface area contributed by atoms with Crippen LogP contribution in [0.25, 0.3) is 10.4 Å². The number of hydrogen-bond acceptors (Lipinski definition) is 6. The van der Waals surface area contributed by atoms with Crippen molar-refractivity contribution >= 4 is 34.1 Å². The maximum atomic E-state index is 12.7. The van der Waals surface area contributed by atoms with Crippen molar-refractivity contribution in [3.8, 4) is 10.4 Å². The monoisotopic (exact) mass is 449 g/mol. The fraction of sp³-hybridized carbons (Fsp3) is 0.160. The molecule has 32 heavy (non-hydrogen) atoms. The van der Waals surface area contributed by atoms with Gasteiger partial charge in [0.1, 0.15) is 10.7 Å². The highest BCUT2D eigenvalue weighted by Crippen LogP contribution is 2.40. The number of rotatable bonds is 8. The van der Waals surface area contributed by atoms with Crippen LogP contribution < -0.4 is 5.32 Å². The first-order chi connectivity index (χ1) is 15.3. The van der Waals surface area contributed by atoms with Crippen LogP contribution in [0.2, 0.25) is 0 Å². The zero-order valence-corrected chi connectivity index (χ0v) is 18.8. The van der Waals surface area contributed by atoms with Gasteiger partial charge in [-0.1, -0.05) is 60.2 Å². The van der Waals surface area contributed by atoms with Crippen LogP contribution in [0.15, 0.2) is 66.4 Å². The molecule has 6 nitrogen and oxygen atoms in total. The number of ether oxygens (including phenoxy) is 1. The molecule has 0 bridgehead atoms. The summed E-state index contributed by atoms with van der Waals surface area (Å²) >= 11 is 1.24. The molecule has 0 aliphatic heterocycles. The third-order valence-electron chi connectivity index (χ3n) is 4.75. The van der Waals surface area contributed by atoms with Crippen molar-refractivity contribution in [2.24, 2.45) is 0 Å². The number of carbonyl (C=O) groups is 3. The molecule has 0 amide bonds. The van der Waals surface area contributed by atoms with Gasteiger partial charge in [-0.15, -0.1) is 11.3 Å². The topological polar surface area (TPSA) is 92.7 Å². The number of aliphatic carboxylic acids is 1. The molecule has 0 spiro atoms. The number of nitrogens with one attached hydrogen (secondary N) is 1. The molecule has 2 aromatic carbocycles. The molecule has 2 N–H and O–H groups in total. The lowest BCUT2D eigenvalue weighted by Crippen LogP contribution is -2.15. The summed E-state index contributed by atoms with van der Waals surface area (Å²) in [5, 5.41) is 12.8. The highest BCUT2D eigenvalue weighted by molar-refractivity contribution is 7.20. The van der Waals surface area contributed by atoms with Crippen molar-refractivity contribution in [2.45, 2.75) is 20.8 Å². The van der Waals surface area contributed by atoms with Crippen molar-refractivity contribution in [2.75, 3.05) is 11.9 Å². The van der Waals surface area contributed by atoms with Crippen LogP contribution in [0, 0.1) is 13.8 Å². The van der Waals surface area contributed by atoms with E-state index in [1.807, 2.05) is 37.3 Å². The van der Waals surface area contributed by atoms with Crippen LogP contribution in [-0.2, 0) is 9.53 Å². The first-order valence-electron chi connectivity index (χ1n) is 10.0. The van der Waals surface area contributed by atoms with E-state index in [0.29, 0.717) is 16.1 Å². The average molecular weight is 450 g/mol. The second kappa shape index (κ2) is 10.1. The molecule has 7 heteroatoms. The van der Waals surface area contributed by atoms with E-state index >= 15 is 0 Å². The Morgan fingerprint density at radius 3 is 2.28 bits per heavy atom. The number of benzene rings is 2. The molecule has 0 saturated carbocycles. The molecule has 0 aliphatic rings. The summed E-state index contributed by atoms with van der Waals surface area (Å²) in [7, 11) is 0. The summed E-state index contributed by atoms with van der Waals surface area (Å²) < 4.78 is 5.20. The zero-order valence-electron chi connectivity index (χ0n) is 18.0. The number of esters is 1. The van der Waals surface area contributed by atoms with Crippen LogP contribution in [0.1, 0.15) is 38.8 Å². The first-order valence-corrected chi connectivity index (χ1v) is 10.8. The molecule has 3 rings (SSSR count). The van der Waals surface area contributed by atoms with Crippen molar-refractivity contribution < 1.29 is 24.2 Å². The molecule has 1 aromatic heterocycles. The van der Waals surface area contributed by atoms with E-state index in [1.54, 1.807) is 38.1 Å². The lowest BCUT2D eigenvalue weighted by Gasteiger charge is -2.08. The Morgan fingerprint density at radius 2 is 1.69 bits per heavy atom. The SMILES string of the molecule is CCOC(=O)c1c(NC(=CC(=O)c2ccc(C)cc2)C(=O)O)sc(-c2ccccc2)c1C. The Labute approximate surface area is 190 Å². The number of hydrogen-bond donors (Lipinski definition) is 2. The molecule has 164 valence electrons. The van der Waals surface area contributed by atoms with E-state index in [0.717, 1.165) is 22.1 Å². The maximum Gasteiger partial charge on any atom is 0.352 e. The highest BCUT2D eigenvalue weighted by Gasteiger charge is 2.25. The molecule has 3 aromatic rings. The van der Waals surface area contributed by atoms with Crippen LogP contribution in [-0.4, -0.2) is 29.4 Å². The van der Waals surface area contributed by atoms with E-state index in [1.165, 1.54) is 11.3 Å². The summed E-state index contributed by atoms with van der Waals surface area (Å²) in [4.78, 5) is 38.0. The van der Waals surface area contributed by atoms with Gasteiger partial charge in [-0.3, -0.25) is 4.79 Å². The molecule has 0 radical (unpaired) electrons. The summed E-state index contributed by atoms with van der Waals surface area (Å²) in [5.41, 5.74) is 2.85. The van der Waals surface area contributed by atoms with Crippen LogP contribution in [0.3, 0.4) is 0 Å². The summed E-state index contributed by atoms with van der Waals surface area (Å²) in [6.45, 7) is 5.57. The van der Waals surface area contributed by atoms with Gasteiger partial charge >= 0.3 is 11.9 Å². The van der Waals surface area contributed by atoms with E-state index < -0.39 is 17.7 Å². The van der Waals surface area contributed by atoms with Gasteiger partial charge in [0.15, 0.2) is 5.78 Å². The summed E-state index contributed by atoms with van der Waals surface area (Å²) in [6.07, 6.45) is 1.03. The summed E-state index contributed by atoms with van der Waals surface area (Å²) in [6, 6.07) is 16.3. The van der Waals surface area contributed by atoms with Crippen LogP contribution >= 0.6 is 11.3 Å². The van der Waals surface area contributed by atoms with Gasteiger partial charge in [-0.05, 0) is 31.9 Å². The number of anilines is 1. The lowest BCUT2D eigenvalue weighted by molar-refractivity contribution is -0.132. The number of allylic oxidation sites excluding steroid dienone is 1. The van der Waals surface area contributed by atoms with Crippen molar-refractivity contribution in [1.82, 2.24) is 0 Å². The predicted octanol–water partition coefficient (Wildman–Crippen LogP) is 5.47. The number of carbonyl (C=O) groups excluding carboxylic acids is 2. The van der Waals surface area contributed by atoms with Gasteiger partial charge in [-0.2, -0.15) is 0 Å². The Kier molecular flexibility index (Phi) is 7.22. The smallest absolute Gasteiger partial charge is 0.352 e. The van der Waals surface area contributed by atoms with E-state index in [-0.39, 0.29) is 17.9 Å². The summed E-state index contributed by atoms with van der Waals surface area (Å²) in [5.74, 6) is -2.32. The Hall–Kier alpha value is -3.71. The molecule has 1 heterocycles. The van der Waals surface area contributed by atoms with Gasteiger partial charge in [0.05, 0.1) is 12.2 Å². The third kappa shape index (κ3) is 5.12. The van der Waals surface area contributed by atoms with Crippen LogP contribution in [0.5, 0.6) is 0 Å². The van der Waals surface area contributed by atoms with Crippen molar-refractivity contribution in [3.63, 3.8) is 0 Å². The van der Waals surface area contributed by atoms with E-state index in [2.05, 4.69) is 5.32 Å². The maximum absolute atomic E-state index is 12.7. The quantitative estimate of drug-likeness (QED) is 0.269. The molecular weight excluding hydrogens is 426 g/mol. The van der Waals surface area contributed by atoms with Gasteiger partial charge in [0.2, 0.25) is 0 Å². The minimum absolute atomic E-state index is 0.182. The largest absolute Gasteiger partial charge is 0.477 e. The van der Waals surface area contributed by atoms with E-state index in [4.69, 9.17) is 4.74 Å². The fourth-order valence-corrected chi connectivity index (χ4v) is 4.33. The average Bonchev–Trinajstić information content (AvgIpc) is 3.10. The molecule has 0 fully saturated rings. The standard InChI is InChI=1S/C25H23NO5S/c1-4-31-25(30)21-16(3)22(18-8-6-5-7-9-18)32-23(21)26-19(24(28)29)14-20(27)17-12-10-15(2)11-13-17/h5-14,26H,4H2,1-3H3,(H,28,29). The zero-order chi connectivity index (χ0) is 23.3. The van der Waals surface area contributed by atoms with Gasteiger partial charge in [0, 0.05) is 16.5 Å². The molecule has 0 atom stereocenters. The minimum atomic E-state index is -1.31. The number of carboxylic acids is 1. The Bertz CT molecular complexity index is 1180. The number of thiophene rings is 1. The minimum Gasteiger partial charge on any atom is -0.477 e. The second-order valence-corrected chi connectivity index (χ2v) is 8.09.